The Kier molecular flexibility index (Phi) is 8.88. The molecule has 44 heavy (non-hydrogen) atoms. The molecule has 6 rings (SSSR count). The fourth-order valence-electron chi connectivity index (χ4n) is 5.66. The molecule has 2 amide bonds. The van der Waals surface area contributed by atoms with Gasteiger partial charge in [0.25, 0.3) is 0 Å². The molecule has 1 saturated carbocycles. The number of anilines is 2. The van der Waals surface area contributed by atoms with Gasteiger partial charge in [-0.15, -0.1) is 0 Å². The Hall–Kier alpha value is -5.49. The van der Waals surface area contributed by atoms with Crippen molar-refractivity contribution in [2.75, 3.05) is 10.2 Å². The van der Waals surface area contributed by atoms with Gasteiger partial charge in [-0.1, -0.05) is 48.5 Å². The van der Waals surface area contributed by atoms with Gasteiger partial charge in [0, 0.05) is 48.5 Å². The third-order valence-corrected chi connectivity index (χ3v) is 7.97. The van der Waals surface area contributed by atoms with Gasteiger partial charge in [-0.25, -0.2) is 9.78 Å². The smallest absolute Gasteiger partial charge is 0.322 e. The summed E-state index contributed by atoms with van der Waals surface area (Å²) < 4.78 is 1.88. The van der Waals surface area contributed by atoms with Crippen LogP contribution in [0.1, 0.15) is 42.5 Å². The Balaban J connectivity index is 1.15. The second-order valence-electron chi connectivity index (χ2n) is 11.0. The van der Waals surface area contributed by atoms with Crippen molar-refractivity contribution in [3.05, 3.63) is 127 Å². The zero-order valence-electron chi connectivity index (χ0n) is 24.4. The van der Waals surface area contributed by atoms with E-state index in [-0.39, 0.29) is 18.1 Å². The first kappa shape index (κ1) is 28.6. The molecule has 0 atom stereocenters. The van der Waals surface area contributed by atoms with Crippen molar-refractivity contribution >= 4 is 17.5 Å². The number of hydrogen-bond acceptors (Lipinski definition) is 6. The van der Waals surface area contributed by atoms with E-state index < -0.39 is 0 Å². The molecule has 5 aromatic rings. The molecule has 0 saturated heterocycles. The van der Waals surface area contributed by atoms with Crippen molar-refractivity contribution < 1.29 is 4.79 Å². The highest BCUT2D eigenvalue weighted by Crippen LogP contribution is 2.31. The SMILES string of the molecule is N#Cc1ccc(NC2CCC(N(C(=O)NCc3ccccc3)c3ccc(-c4cnn(Cc5ccccn5)c4)cc3)CC2)nc1. The lowest BCUT2D eigenvalue weighted by molar-refractivity contribution is 0.240. The summed E-state index contributed by atoms with van der Waals surface area (Å²) in [6.07, 6.45) is 10.8. The maximum Gasteiger partial charge on any atom is 0.322 e. The van der Waals surface area contributed by atoms with E-state index in [0.29, 0.717) is 18.7 Å². The number of nitrogens with one attached hydrogen (secondary N) is 2. The lowest BCUT2D eigenvalue weighted by Gasteiger charge is -2.37. The van der Waals surface area contributed by atoms with Crippen LogP contribution in [0.15, 0.2) is 110 Å². The van der Waals surface area contributed by atoms with Crippen LogP contribution in [0.25, 0.3) is 11.1 Å². The van der Waals surface area contributed by atoms with E-state index in [1.165, 1.54) is 0 Å². The van der Waals surface area contributed by atoms with Gasteiger partial charge in [0.2, 0.25) is 0 Å². The first-order valence-corrected chi connectivity index (χ1v) is 14.9. The molecule has 0 radical (unpaired) electrons. The van der Waals surface area contributed by atoms with E-state index in [1.807, 2.05) is 88.7 Å². The molecule has 3 heterocycles. The average Bonchev–Trinajstić information content (AvgIpc) is 3.55. The molecule has 3 aromatic heterocycles. The van der Waals surface area contributed by atoms with Gasteiger partial charge in [-0.05, 0) is 73.2 Å². The number of nitrogens with zero attached hydrogens (tertiary/aromatic N) is 6. The second-order valence-corrected chi connectivity index (χ2v) is 11.0. The van der Waals surface area contributed by atoms with Crippen LogP contribution in [0.5, 0.6) is 0 Å². The topological polar surface area (TPSA) is 112 Å². The Labute approximate surface area is 257 Å². The fourth-order valence-corrected chi connectivity index (χ4v) is 5.66. The molecule has 0 spiro atoms. The lowest BCUT2D eigenvalue weighted by Crippen LogP contribution is -2.48. The molecule has 2 aromatic carbocycles. The van der Waals surface area contributed by atoms with Gasteiger partial charge < -0.3 is 10.6 Å². The monoisotopic (exact) mass is 582 g/mol. The predicted octanol–water partition coefficient (Wildman–Crippen LogP) is 6.40. The van der Waals surface area contributed by atoms with Gasteiger partial charge in [-0.3, -0.25) is 14.6 Å². The summed E-state index contributed by atoms with van der Waals surface area (Å²) in [7, 11) is 0. The zero-order chi connectivity index (χ0) is 30.1. The summed E-state index contributed by atoms with van der Waals surface area (Å²) >= 11 is 0. The first-order valence-electron chi connectivity index (χ1n) is 14.9. The van der Waals surface area contributed by atoms with Crippen LogP contribution in [-0.2, 0) is 13.1 Å². The average molecular weight is 583 g/mol. The van der Waals surface area contributed by atoms with Crippen molar-refractivity contribution in [3.8, 4) is 17.2 Å². The maximum absolute atomic E-state index is 13.7. The number of rotatable bonds is 9. The molecule has 1 aliphatic carbocycles. The van der Waals surface area contributed by atoms with E-state index in [0.717, 1.165) is 59.6 Å². The Morgan fingerprint density at radius 2 is 1.68 bits per heavy atom. The molecule has 220 valence electrons. The summed E-state index contributed by atoms with van der Waals surface area (Å²) in [5.74, 6) is 0.767. The molecule has 1 aliphatic rings. The minimum atomic E-state index is -0.102. The van der Waals surface area contributed by atoms with Crippen LogP contribution < -0.4 is 15.5 Å². The number of urea groups is 1. The number of amides is 2. The summed E-state index contributed by atoms with van der Waals surface area (Å²) in [5, 5.41) is 20.2. The van der Waals surface area contributed by atoms with Crippen LogP contribution in [-0.4, -0.2) is 37.9 Å². The van der Waals surface area contributed by atoms with Gasteiger partial charge in [0.05, 0.1) is 24.0 Å². The third kappa shape index (κ3) is 7.10. The van der Waals surface area contributed by atoms with Crippen molar-refractivity contribution in [3.63, 3.8) is 0 Å². The molecule has 0 aliphatic heterocycles. The summed E-state index contributed by atoms with van der Waals surface area (Å²) in [5.41, 5.74) is 5.46. The predicted molar refractivity (Wildman–Crippen MR) is 171 cm³/mol. The Bertz CT molecular complexity index is 1690. The first-order chi connectivity index (χ1) is 21.6. The number of benzene rings is 2. The van der Waals surface area contributed by atoms with Crippen LogP contribution in [0.4, 0.5) is 16.3 Å². The quantitative estimate of drug-likeness (QED) is 0.208. The van der Waals surface area contributed by atoms with Crippen molar-refractivity contribution in [2.45, 2.75) is 50.9 Å². The van der Waals surface area contributed by atoms with Crippen LogP contribution in [0.3, 0.4) is 0 Å². The standard InChI is InChI=1S/C35H34N8O/c36-20-27-9-18-34(38-22-27)41-30-12-16-33(17-13-30)43(35(44)39-21-26-6-2-1-3-7-26)32-14-10-28(11-15-32)29-23-40-42(24-29)25-31-8-4-5-19-37-31/h1-11,14-15,18-19,22-24,30,33H,12-13,16-17,21,25H2,(H,38,41)(H,39,44). The largest absolute Gasteiger partial charge is 0.367 e. The van der Waals surface area contributed by atoms with Crippen LogP contribution in [0, 0.1) is 11.3 Å². The number of pyridine rings is 2. The summed E-state index contributed by atoms with van der Waals surface area (Å²) in [4.78, 5) is 24.4. The van der Waals surface area contributed by atoms with Crippen molar-refractivity contribution in [1.29, 1.82) is 5.26 Å². The number of carbonyl (C=O) groups is 1. The molecule has 9 nitrogen and oxygen atoms in total. The van der Waals surface area contributed by atoms with Crippen molar-refractivity contribution in [2.24, 2.45) is 0 Å². The Morgan fingerprint density at radius 1 is 0.886 bits per heavy atom. The molecular weight excluding hydrogens is 548 g/mol. The van der Waals surface area contributed by atoms with Crippen LogP contribution >= 0.6 is 0 Å². The van der Waals surface area contributed by atoms with Crippen LogP contribution in [0.2, 0.25) is 0 Å². The normalized spacial score (nSPS) is 16.1. The molecule has 0 bridgehead atoms. The molecule has 2 N–H and O–H groups in total. The van der Waals surface area contributed by atoms with E-state index >= 15 is 0 Å². The highest BCUT2D eigenvalue weighted by Gasteiger charge is 2.30. The van der Waals surface area contributed by atoms with Gasteiger partial charge >= 0.3 is 6.03 Å². The summed E-state index contributed by atoms with van der Waals surface area (Å²) in [6.45, 7) is 1.07. The highest BCUT2D eigenvalue weighted by atomic mass is 16.2. The molecule has 1 fully saturated rings. The molecular formula is C35H34N8O. The number of aromatic nitrogens is 4. The second kappa shape index (κ2) is 13.7. The fraction of sp³-hybridized carbons (Fsp3) is 0.229. The molecule has 0 unspecified atom stereocenters. The third-order valence-electron chi connectivity index (χ3n) is 7.97. The maximum atomic E-state index is 13.7. The minimum Gasteiger partial charge on any atom is -0.367 e. The van der Waals surface area contributed by atoms with E-state index in [2.05, 4.69) is 43.9 Å². The van der Waals surface area contributed by atoms with E-state index in [9.17, 15) is 4.79 Å². The van der Waals surface area contributed by atoms with E-state index in [1.54, 1.807) is 18.5 Å². The van der Waals surface area contributed by atoms with Gasteiger partial charge in [-0.2, -0.15) is 10.4 Å². The number of hydrogen-bond donors (Lipinski definition) is 2. The zero-order valence-corrected chi connectivity index (χ0v) is 24.4. The highest BCUT2D eigenvalue weighted by molar-refractivity contribution is 5.93. The number of carbonyl (C=O) groups excluding carboxylic acids is 1. The minimum absolute atomic E-state index is 0.0599. The van der Waals surface area contributed by atoms with Crippen molar-refractivity contribution in [1.82, 2.24) is 25.1 Å². The number of nitriles is 1. The molecule has 9 heteroatoms. The van der Waals surface area contributed by atoms with E-state index in [4.69, 9.17) is 5.26 Å². The van der Waals surface area contributed by atoms with Gasteiger partial charge in [0.15, 0.2) is 0 Å². The summed E-state index contributed by atoms with van der Waals surface area (Å²) in [6, 6.07) is 29.9. The van der Waals surface area contributed by atoms with Gasteiger partial charge in [0.1, 0.15) is 11.9 Å². The lowest BCUT2D eigenvalue weighted by atomic mass is 9.89. The Morgan fingerprint density at radius 3 is 2.39 bits per heavy atom.